The molecule has 8 rings (SSSR count). The Hall–Kier alpha value is -9.48. The average molecular weight is 1300 g/mol. The molecule has 504 valence electrons. The molecule has 2 bridgehead atoms. The molecule has 20 N–H and O–H groups in total. The van der Waals surface area contributed by atoms with Crippen LogP contribution in [0, 0.1) is 11.8 Å². The van der Waals surface area contributed by atoms with E-state index in [1.807, 2.05) is 0 Å². The Morgan fingerprint density at radius 3 is 2.23 bits per heavy atom. The summed E-state index contributed by atoms with van der Waals surface area (Å²) < 4.78 is 5.71. The van der Waals surface area contributed by atoms with Crippen molar-refractivity contribution in [2.24, 2.45) is 17.6 Å². The van der Waals surface area contributed by atoms with Gasteiger partial charge >= 0.3 is 11.9 Å². The number of carbonyl (C=O) groups is 12. The van der Waals surface area contributed by atoms with Crippen LogP contribution in [0.5, 0.6) is 5.75 Å². The first-order chi connectivity index (χ1) is 43.8. The van der Waals surface area contributed by atoms with Gasteiger partial charge in [-0.05, 0) is 75.9 Å². The highest BCUT2D eigenvalue weighted by molar-refractivity contribution is 6.06. The van der Waals surface area contributed by atoms with Crippen LogP contribution >= 0.6 is 0 Å². The van der Waals surface area contributed by atoms with Crippen LogP contribution in [0.1, 0.15) is 89.1 Å². The molecule has 4 saturated heterocycles. The minimum Gasteiger partial charge on any atom is -0.512 e. The lowest BCUT2D eigenvalue weighted by Crippen LogP contribution is -2.68. The van der Waals surface area contributed by atoms with Gasteiger partial charge in [0, 0.05) is 70.5 Å². The molecule has 17 unspecified atom stereocenters. The Balaban J connectivity index is 1.20. The summed E-state index contributed by atoms with van der Waals surface area (Å²) in [5.74, 6) is -17.8. The summed E-state index contributed by atoms with van der Waals surface area (Å²) in [6.07, 6.45) is -4.51. The number of nitrogens with two attached hydrogens (primary N) is 1. The fourth-order valence-corrected chi connectivity index (χ4v) is 12.2. The van der Waals surface area contributed by atoms with Crippen LogP contribution in [0.3, 0.4) is 0 Å². The summed E-state index contributed by atoms with van der Waals surface area (Å²) in [5, 5.41) is 106. The van der Waals surface area contributed by atoms with Crippen LogP contribution < -0.4 is 48.3 Å². The number of cyclic esters (lactones) is 1. The van der Waals surface area contributed by atoms with Crippen molar-refractivity contribution in [3.05, 3.63) is 64.4 Å². The van der Waals surface area contributed by atoms with Crippen LogP contribution in [0.15, 0.2) is 42.0 Å². The quantitative estimate of drug-likeness (QED) is 0.0628. The molecular weight excluding hydrogens is 1230 g/mol. The molecule has 3 aromatic rings. The summed E-state index contributed by atoms with van der Waals surface area (Å²) in [7, 11) is 0. The van der Waals surface area contributed by atoms with E-state index in [4.69, 9.17) is 10.5 Å². The maximum absolute atomic E-state index is 15.3. The van der Waals surface area contributed by atoms with E-state index in [9.17, 15) is 84.0 Å². The third-order valence-electron chi connectivity index (χ3n) is 17.5. The second-order valence-electron chi connectivity index (χ2n) is 24.1. The number of H-pyrrole nitrogens is 2. The molecule has 18 atom stereocenters. The largest absolute Gasteiger partial charge is 0.512 e. The molecule has 4 fully saturated rings. The minimum atomic E-state index is -2.21. The number of aliphatic carboxylic acids is 1. The predicted molar refractivity (Wildman–Crippen MR) is 320 cm³/mol. The van der Waals surface area contributed by atoms with E-state index in [-0.39, 0.29) is 36.0 Å². The number of nitrogens with one attached hydrogen (secondary N) is 10. The van der Waals surface area contributed by atoms with Gasteiger partial charge in [-0.2, -0.15) is 0 Å². The van der Waals surface area contributed by atoms with Gasteiger partial charge < -0.3 is 114 Å². The lowest BCUT2D eigenvalue weighted by Gasteiger charge is -2.44. The Kier molecular flexibility index (Phi) is 21.3. The Bertz CT molecular complexity index is 3530. The topological polar surface area (TPSA) is 536 Å². The summed E-state index contributed by atoms with van der Waals surface area (Å²) in [4.78, 5) is 177. The third-order valence-corrected chi connectivity index (χ3v) is 17.5. The van der Waals surface area contributed by atoms with Gasteiger partial charge in [-0.25, -0.2) is 4.79 Å². The number of carbonyl (C=O) groups excluding carboxylic acids is 11. The van der Waals surface area contributed by atoms with E-state index in [1.54, 1.807) is 6.92 Å². The molecule has 4 aliphatic heterocycles. The molecule has 10 amide bonds. The summed E-state index contributed by atoms with van der Waals surface area (Å²) in [6.45, 7) is 5.55. The number of esters is 1. The van der Waals surface area contributed by atoms with Gasteiger partial charge in [0.15, 0.2) is 6.04 Å². The van der Waals surface area contributed by atoms with Crippen molar-refractivity contribution in [1.29, 1.82) is 0 Å². The smallest absolute Gasteiger partial charge is 0.331 e. The molecule has 1 aromatic carbocycles. The number of ether oxygens (including phenoxy) is 1. The number of fused-ring (bicyclic) bond motifs is 4. The first-order valence-corrected chi connectivity index (χ1v) is 30.0. The number of carboxylic acids is 1. The minimum absolute atomic E-state index is 0.0143. The van der Waals surface area contributed by atoms with Crippen molar-refractivity contribution < 1.29 is 103 Å². The van der Waals surface area contributed by atoms with E-state index in [0.29, 0.717) is 34.1 Å². The number of benzene rings is 1. The molecule has 0 spiro atoms. The number of nitrogens with zero attached hydrogens (tertiary/aromatic N) is 2. The molecule has 5 aliphatic rings. The van der Waals surface area contributed by atoms with Gasteiger partial charge in [-0.15, -0.1) is 0 Å². The van der Waals surface area contributed by atoms with E-state index < -0.39 is 205 Å². The average Bonchev–Trinajstić information content (AvgIpc) is 1.66. The molecule has 34 nitrogen and oxygen atoms in total. The van der Waals surface area contributed by atoms with Gasteiger partial charge in [0.2, 0.25) is 53.2 Å². The van der Waals surface area contributed by atoms with Gasteiger partial charge in [-0.1, -0.05) is 20.8 Å². The lowest BCUT2D eigenvalue weighted by molar-refractivity contribution is -0.169. The summed E-state index contributed by atoms with van der Waals surface area (Å²) >= 11 is 0. The van der Waals surface area contributed by atoms with Gasteiger partial charge in [-0.3, -0.25) is 52.7 Å². The number of carboxylic acid groups (broad SMARTS) is 1. The number of phenols is 1. The Morgan fingerprint density at radius 2 is 1.55 bits per heavy atom. The molecule has 0 saturated carbocycles. The molecular formula is C59H77N13O21. The van der Waals surface area contributed by atoms with Gasteiger partial charge in [0.25, 0.3) is 5.91 Å². The number of aromatic nitrogens is 2. The zero-order valence-electron chi connectivity index (χ0n) is 51.2. The molecule has 0 radical (unpaired) electrons. The van der Waals surface area contributed by atoms with Crippen LogP contribution in [0.25, 0.3) is 23.1 Å². The van der Waals surface area contributed by atoms with Gasteiger partial charge in [0.1, 0.15) is 65.9 Å². The molecule has 1 aliphatic carbocycles. The highest BCUT2D eigenvalue weighted by atomic mass is 16.5. The monoisotopic (exact) mass is 1300 g/mol. The maximum Gasteiger partial charge on any atom is 0.331 e. The second-order valence-corrected chi connectivity index (χ2v) is 24.1. The number of piperidine rings is 1. The van der Waals surface area contributed by atoms with Crippen molar-refractivity contribution >= 4 is 94.1 Å². The van der Waals surface area contributed by atoms with Crippen molar-refractivity contribution in [2.75, 3.05) is 19.7 Å². The van der Waals surface area contributed by atoms with Crippen molar-refractivity contribution in [3.63, 3.8) is 0 Å². The first kappa shape index (κ1) is 69.4. The van der Waals surface area contributed by atoms with Crippen molar-refractivity contribution in [3.8, 4) is 5.75 Å². The zero-order valence-corrected chi connectivity index (χ0v) is 51.2. The fraction of sp³-hybridized carbons (Fsp3) is 0.525. The van der Waals surface area contributed by atoms with E-state index in [0.717, 1.165) is 30.6 Å². The SMILES string of the molecule is CC1NC(=O)C(C(C)O)NC(=O)C(NC(=O)C(CO)NC(=O)CC(N)C(=O)O)C(C)OC(=O)C2C(O)CC3C(C)C(O)C(NC(=O)C(C(C)c4c[nH]c5ccc(O)cc45)NC(=O)/C(=C\c4c[nH]c5c4C=C(O)[C@@H](C)C5)NC(=O)C4C(O)CCN4C(=O)CNC1=O)C(=O)N32. The number of phenolic OH excluding ortho intramolecular Hbond substituents is 1. The number of hydrogen-bond acceptors (Lipinski definition) is 21. The number of aromatic hydroxyl groups is 1. The number of aliphatic hydroxyl groups excluding tert-OH is 6. The van der Waals surface area contributed by atoms with Crippen LogP contribution in [-0.4, -0.2) is 242 Å². The van der Waals surface area contributed by atoms with Crippen LogP contribution in [0.4, 0.5) is 0 Å². The van der Waals surface area contributed by atoms with Crippen molar-refractivity contribution in [2.45, 2.75) is 164 Å². The maximum atomic E-state index is 15.3. The van der Waals surface area contributed by atoms with E-state index in [1.165, 1.54) is 56.6 Å². The number of allylic oxidation sites excluding steroid dienone is 1. The number of amides is 10. The highest BCUT2D eigenvalue weighted by Gasteiger charge is 2.58. The predicted octanol–water partition coefficient (Wildman–Crippen LogP) is -5.98. The Morgan fingerprint density at radius 1 is 0.849 bits per heavy atom. The number of rotatable bonds is 11. The first-order valence-electron chi connectivity index (χ1n) is 30.0. The standard InChI is InChI=1S/C59H77N13O21/c1-21-11-34-29(14-39(21)77)27(17-61-34)12-35-51(83)67-43(22(2)31-18-62-33-8-7-28(75)13-30(31)33)53(85)70-46-49(81)23(3)37-16-40(78)48(72(37)57(46)89)59(92)93-26(6)45(69-52(84)36(20-73)65-41(79)15-32(60)58(90)91)55(87)68-44(25(5)74)54(86)64-24(4)50(82)63-19-42(80)71-10-9-38(76)47(71)56(88)66-35/h7-8,12-14,17-18,21-26,32,36-38,40,43-49,61-62,73-78,81H,9-11,15-16,19-20,60H2,1-6H3,(H,63,82)(H,64,86)(H,65,79)(H,66,88)(H,67,83)(H,68,87)(H,69,84)(H,70,85)(H,90,91)/b35-12+/t21-,22?,23?,24?,25?,26?,32?,36?,37?,38?,40?,43?,44?,45?,46?,47?,48?,49?/m0/s1. The number of aliphatic hydroxyl groups is 6. The molecule has 6 heterocycles. The number of aromatic amines is 2. The summed E-state index contributed by atoms with van der Waals surface area (Å²) in [6, 6.07) is -14.0. The van der Waals surface area contributed by atoms with Crippen molar-refractivity contribution in [1.82, 2.24) is 62.3 Å². The molecule has 2 aromatic heterocycles. The lowest BCUT2D eigenvalue weighted by atomic mass is 9.84. The normalized spacial score (nSPS) is 30.5. The molecule has 34 heteroatoms. The zero-order chi connectivity index (χ0) is 68.3. The molecule has 93 heavy (non-hydrogen) atoms. The highest BCUT2D eigenvalue weighted by Crippen LogP contribution is 2.39. The van der Waals surface area contributed by atoms with Gasteiger partial charge in [0.05, 0.1) is 49.7 Å². The fourth-order valence-electron chi connectivity index (χ4n) is 12.2. The van der Waals surface area contributed by atoms with Crippen LogP contribution in [-0.2, 0) is 68.7 Å². The number of hydrogen-bond donors (Lipinski definition) is 19. The summed E-state index contributed by atoms with van der Waals surface area (Å²) in [5.41, 5.74) is 6.86. The third kappa shape index (κ3) is 14.9. The van der Waals surface area contributed by atoms with E-state index in [2.05, 4.69) is 52.5 Å². The van der Waals surface area contributed by atoms with Crippen LogP contribution in [0.2, 0.25) is 0 Å². The second kappa shape index (κ2) is 28.6. The van der Waals surface area contributed by atoms with E-state index >= 15 is 14.4 Å². The Labute approximate surface area is 529 Å².